The number of carbonyl (C=O) groups excluding carboxylic acids is 1. The van der Waals surface area contributed by atoms with Crippen molar-refractivity contribution in [3.05, 3.63) is 46.2 Å². The first-order chi connectivity index (χ1) is 10.0. The molecule has 2 rings (SSSR count). The molecule has 0 saturated carbocycles. The van der Waals surface area contributed by atoms with Gasteiger partial charge in [0.05, 0.1) is 5.01 Å². The fourth-order valence-electron chi connectivity index (χ4n) is 1.52. The van der Waals surface area contributed by atoms with E-state index in [0.29, 0.717) is 23.7 Å². The summed E-state index contributed by atoms with van der Waals surface area (Å²) in [6.45, 7) is 0.319. The van der Waals surface area contributed by atoms with E-state index in [1.54, 1.807) is 0 Å². The van der Waals surface area contributed by atoms with Crippen LogP contribution in [-0.2, 0) is 6.42 Å². The molecule has 21 heavy (non-hydrogen) atoms. The Balaban J connectivity index is 1.76. The molecule has 3 N–H and O–H groups in total. The van der Waals surface area contributed by atoms with Crippen LogP contribution in [0.3, 0.4) is 0 Å². The summed E-state index contributed by atoms with van der Waals surface area (Å²) >= 11 is 1.23. The number of carbonyl (C=O) groups is 2. The zero-order valence-electron chi connectivity index (χ0n) is 10.8. The number of carboxylic acid groups (broad SMARTS) is 1. The fraction of sp³-hybridized carbons (Fsp3) is 0.154. The second kappa shape index (κ2) is 6.80. The number of carboxylic acids is 1. The van der Waals surface area contributed by atoms with E-state index in [-0.39, 0.29) is 11.5 Å². The standard InChI is InChI=1S/C13H12FN3O3S/c14-8-1-3-9(4-2-8)16-13(20)15-6-5-11-17-10(7-21-11)12(18)19/h1-4,7H,5-6H2,(H,18,19)(H2,15,16,20). The molecule has 8 heteroatoms. The van der Waals surface area contributed by atoms with Crippen molar-refractivity contribution in [2.24, 2.45) is 0 Å². The lowest BCUT2D eigenvalue weighted by Gasteiger charge is -2.06. The van der Waals surface area contributed by atoms with Crippen LogP contribution in [0.25, 0.3) is 0 Å². The van der Waals surface area contributed by atoms with Gasteiger partial charge >= 0.3 is 12.0 Å². The number of aromatic carboxylic acids is 1. The van der Waals surface area contributed by atoms with Gasteiger partial charge < -0.3 is 15.7 Å². The minimum Gasteiger partial charge on any atom is -0.476 e. The molecule has 0 unspecified atom stereocenters. The van der Waals surface area contributed by atoms with Gasteiger partial charge in [-0.15, -0.1) is 11.3 Å². The largest absolute Gasteiger partial charge is 0.476 e. The molecule has 1 heterocycles. The molecule has 0 aliphatic heterocycles. The van der Waals surface area contributed by atoms with Gasteiger partial charge in [0.2, 0.25) is 0 Å². The molecule has 0 spiro atoms. The number of thiazole rings is 1. The Morgan fingerprint density at radius 3 is 2.62 bits per heavy atom. The minimum atomic E-state index is -1.07. The maximum atomic E-state index is 12.7. The monoisotopic (exact) mass is 309 g/mol. The van der Waals surface area contributed by atoms with Crippen LogP contribution in [0, 0.1) is 5.82 Å². The first-order valence-electron chi connectivity index (χ1n) is 6.03. The number of hydrogen-bond donors (Lipinski definition) is 3. The summed E-state index contributed by atoms with van der Waals surface area (Å²) in [5, 5.41) is 16.0. The number of urea groups is 1. The maximum absolute atomic E-state index is 12.7. The number of rotatable bonds is 5. The van der Waals surface area contributed by atoms with Crippen LogP contribution >= 0.6 is 11.3 Å². The second-order valence-corrected chi connectivity index (χ2v) is 5.01. The lowest BCUT2D eigenvalue weighted by molar-refractivity contribution is 0.0691. The molecule has 2 amide bonds. The first-order valence-corrected chi connectivity index (χ1v) is 6.90. The van der Waals surface area contributed by atoms with Gasteiger partial charge in [-0.25, -0.2) is 19.0 Å². The third-order valence-electron chi connectivity index (χ3n) is 2.50. The number of aromatic nitrogens is 1. The lowest BCUT2D eigenvalue weighted by Crippen LogP contribution is -2.30. The van der Waals surface area contributed by atoms with Gasteiger partial charge in [0.25, 0.3) is 0 Å². The van der Waals surface area contributed by atoms with E-state index >= 15 is 0 Å². The van der Waals surface area contributed by atoms with E-state index < -0.39 is 12.0 Å². The molecule has 0 radical (unpaired) electrons. The summed E-state index contributed by atoms with van der Waals surface area (Å²) in [5.41, 5.74) is 0.488. The highest BCUT2D eigenvalue weighted by molar-refractivity contribution is 7.09. The highest BCUT2D eigenvalue weighted by Gasteiger charge is 2.08. The number of amides is 2. The van der Waals surface area contributed by atoms with Gasteiger partial charge in [0.1, 0.15) is 5.82 Å². The van der Waals surface area contributed by atoms with Crippen molar-refractivity contribution >= 4 is 29.0 Å². The number of nitrogens with one attached hydrogen (secondary N) is 2. The molecule has 0 aliphatic rings. The zero-order chi connectivity index (χ0) is 15.2. The highest BCUT2D eigenvalue weighted by atomic mass is 32.1. The van der Waals surface area contributed by atoms with Crippen molar-refractivity contribution in [3.8, 4) is 0 Å². The van der Waals surface area contributed by atoms with E-state index in [1.165, 1.54) is 41.0 Å². The van der Waals surface area contributed by atoms with Gasteiger partial charge in [-0.2, -0.15) is 0 Å². The highest BCUT2D eigenvalue weighted by Crippen LogP contribution is 2.10. The molecule has 0 atom stereocenters. The number of hydrogen-bond acceptors (Lipinski definition) is 4. The SMILES string of the molecule is O=C(NCCc1nc(C(=O)O)cs1)Nc1ccc(F)cc1. The average Bonchev–Trinajstić information content (AvgIpc) is 2.90. The summed E-state index contributed by atoms with van der Waals surface area (Å²) in [6, 6.07) is 4.98. The van der Waals surface area contributed by atoms with Crippen LogP contribution in [0.4, 0.5) is 14.9 Å². The molecule has 110 valence electrons. The van der Waals surface area contributed by atoms with Gasteiger partial charge in [0.15, 0.2) is 5.69 Å². The van der Waals surface area contributed by atoms with Crippen LogP contribution < -0.4 is 10.6 Å². The number of halogens is 1. The summed E-state index contributed by atoms with van der Waals surface area (Å²) in [6.07, 6.45) is 0.439. The topological polar surface area (TPSA) is 91.3 Å². The maximum Gasteiger partial charge on any atom is 0.355 e. The Kier molecular flexibility index (Phi) is 4.83. The smallest absolute Gasteiger partial charge is 0.355 e. The fourth-order valence-corrected chi connectivity index (χ4v) is 2.29. The van der Waals surface area contributed by atoms with Crippen LogP contribution in [0.2, 0.25) is 0 Å². The van der Waals surface area contributed by atoms with Gasteiger partial charge in [-0.1, -0.05) is 0 Å². The average molecular weight is 309 g/mol. The summed E-state index contributed by atoms with van der Waals surface area (Å²) in [5.74, 6) is -1.45. The molecule has 1 aromatic carbocycles. The zero-order valence-corrected chi connectivity index (χ0v) is 11.6. The third kappa shape index (κ3) is 4.53. The van der Waals surface area contributed by atoms with Crippen molar-refractivity contribution in [1.29, 1.82) is 0 Å². The van der Waals surface area contributed by atoms with Gasteiger partial charge in [0, 0.05) is 24.0 Å². The van der Waals surface area contributed by atoms with E-state index in [9.17, 15) is 14.0 Å². The van der Waals surface area contributed by atoms with Crippen LogP contribution in [0.1, 0.15) is 15.5 Å². The quantitative estimate of drug-likeness (QED) is 0.790. The van der Waals surface area contributed by atoms with E-state index in [0.717, 1.165) is 0 Å². The molecule has 2 aromatic rings. The first kappa shape index (κ1) is 14.9. The van der Waals surface area contributed by atoms with Gasteiger partial charge in [-0.3, -0.25) is 0 Å². The van der Waals surface area contributed by atoms with E-state index in [4.69, 9.17) is 5.11 Å². The summed E-state index contributed by atoms with van der Waals surface area (Å²) < 4.78 is 12.7. The number of benzene rings is 1. The molecule has 0 aliphatic carbocycles. The summed E-state index contributed by atoms with van der Waals surface area (Å²) in [7, 11) is 0. The predicted octanol–water partition coefficient (Wildman–Crippen LogP) is 2.34. The summed E-state index contributed by atoms with van der Waals surface area (Å²) in [4.78, 5) is 26.1. The molecule has 0 bridgehead atoms. The molecule has 0 saturated heterocycles. The Morgan fingerprint density at radius 2 is 2.00 bits per heavy atom. The lowest BCUT2D eigenvalue weighted by atomic mass is 10.3. The Hall–Kier alpha value is -2.48. The van der Waals surface area contributed by atoms with Crippen LogP contribution in [0.15, 0.2) is 29.6 Å². The number of nitrogens with zero attached hydrogens (tertiary/aromatic N) is 1. The van der Waals surface area contributed by atoms with E-state index in [1.807, 2.05) is 0 Å². The van der Waals surface area contributed by atoms with E-state index in [2.05, 4.69) is 15.6 Å². The Morgan fingerprint density at radius 1 is 1.29 bits per heavy atom. The Labute approximate surface area is 123 Å². The molecule has 6 nitrogen and oxygen atoms in total. The number of anilines is 1. The predicted molar refractivity (Wildman–Crippen MR) is 76.2 cm³/mol. The van der Waals surface area contributed by atoms with Crippen molar-refractivity contribution < 1.29 is 19.1 Å². The van der Waals surface area contributed by atoms with Crippen LogP contribution in [-0.4, -0.2) is 28.6 Å². The van der Waals surface area contributed by atoms with Crippen molar-refractivity contribution in [3.63, 3.8) is 0 Å². The molecular formula is C13H12FN3O3S. The molecule has 0 fully saturated rings. The van der Waals surface area contributed by atoms with Crippen molar-refractivity contribution in [2.45, 2.75) is 6.42 Å². The Bertz CT molecular complexity index is 642. The van der Waals surface area contributed by atoms with Gasteiger partial charge in [-0.05, 0) is 24.3 Å². The van der Waals surface area contributed by atoms with Crippen LogP contribution in [0.5, 0.6) is 0 Å². The normalized spacial score (nSPS) is 10.1. The minimum absolute atomic E-state index is 0.00534. The van der Waals surface area contributed by atoms with Crippen molar-refractivity contribution in [1.82, 2.24) is 10.3 Å². The van der Waals surface area contributed by atoms with Crippen molar-refractivity contribution in [2.75, 3.05) is 11.9 Å². The molecule has 1 aromatic heterocycles. The third-order valence-corrected chi connectivity index (χ3v) is 3.41. The molecular weight excluding hydrogens is 297 g/mol. The second-order valence-electron chi connectivity index (χ2n) is 4.07.